The van der Waals surface area contributed by atoms with Crippen LogP contribution in [0.1, 0.15) is 44.1 Å². The molecule has 0 saturated heterocycles. The molecule has 1 aliphatic carbocycles. The Morgan fingerprint density at radius 1 is 1.03 bits per heavy atom. The van der Waals surface area contributed by atoms with Gasteiger partial charge in [0.25, 0.3) is 11.8 Å². The molecule has 2 amide bonds. The van der Waals surface area contributed by atoms with Gasteiger partial charge in [-0.1, -0.05) is 0 Å². The summed E-state index contributed by atoms with van der Waals surface area (Å²) in [7, 11) is 0. The summed E-state index contributed by atoms with van der Waals surface area (Å²) in [5.41, 5.74) is 5.70. The van der Waals surface area contributed by atoms with Gasteiger partial charge < -0.3 is 10.6 Å². The number of amides is 2. The molecule has 0 saturated carbocycles. The Morgan fingerprint density at radius 2 is 1.91 bits per heavy atom. The number of aromatic nitrogens is 5. The summed E-state index contributed by atoms with van der Waals surface area (Å²) in [5, 5.41) is 17.4. The van der Waals surface area contributed by atoms with Crippen LogP contribution in [0.5, 0.6) is 0 Å². The molecule has 0 spiro atoms. The minimum Gasteiger partial charge on any atom is -0.346 e. The zero-order valence-electron chi connectivity index (χ0n) is 17.2. The fourth-order valence-electron chi connectivity index (χ4n) is 3.79. The molecule has 32 heavy (non-hydrogen) atoms. The van der Waals surface area contributed by atoms with Crippen LogP contribution in [0.2, 0.25) is 0 Å². The van der Waals surface area contributed by atoms with Crippen molar-refractivity contribution >= 4 is 17.5 Å². The lowest BCUT2D eigenvalue weighted by molar-refractivity contribution is 0.0949. The number of nitrogens with zero attached hydrogens (tertiary/aromatic N) is 4. The third kappa shape index (κ3) is 4.00. The fourth-order valence-corrected chi connectivity index (χ4v) is 3.79. The number of aryl methyl sites for hydroxylation is 1. The molecule has 5 rings (SSSR count). The number of nitrogens with one attached hydrogen (secondary N) is 3. The van der Waals surface area contributed by atoms with E-state index in [0.29, 0.717) is 23.4 Å². The zero-order chi connectivity index (χ0) is 21.9. The second-order valence-electron chi connectivity index (χ2n) is 7.58. The summed E-state index contributed by atoms with van der Waals surface area (Å²) in [4.78, 5) is 28.7. The maximum absolute atomic E-state index is 12.5. The molecule has 160 valence electrons. The SMILES string of the molecule is O=C(NCc1n[nH]c2c1CCC2)c1ccc(-n2cc(NC(=O)c3cccnc3)cn2)cc1. The van der Waals surface area contributed by atoms with Gasteiger partial charge in [-0.3, -0.25) is 19.7 Å². The van der Waals surface area contributed by atoms with Crippen LogP contribution in [-0.4, -0.2) is 36.8 Å². The number of H-pyrrole nitrogens is 1. The number of carbonyl (C=O) groups is 2. The van der Waals surface area contributed by atoms with Crippen molar-refractivity contribution < 1.29 is 9.59 Å². The Morgan fingerprint density at radius 3 is 2.72 bits per heavy atom. The van der Waals surface area contributed by atoms with Crippen LogP contribution in [0, 0.1) is 0 Å². The second kappa shape index (κ2) is 8.46. The quantitative estimate of drug-likeness (QED) is 0.437. The van der Waals surface area contributed by atoms with Gasteiger partial charge in [0.2, 0.25) is 0 Å². The van der Waals surface area contributed by atoms with Crippen molar-refractivity contribution in [1.82, 2.24) is 30.3 Å². The topological polar surface area (TPSA) is 118 Å². The number of rotatable bonds is 6. The maximum atomic E-state index is 12.5. The number of pyridine rings is 1. The van der Waals surface area contributed by atoms with Gasteiger partial charge in [0.1, 0.15) is 0 Å². The van der Waals surface area contributed by atoms with Crippen LogP contribution in [0.25, 0.3) is 5.69 Å². The molecule has 1 aromatic carbocycles. The Bertz CT molecular complexity index is 1260. The van der Waals surface area contributed by atoms with E-state index >= 15 is 0 Å². The molecule has 9 heteroatoms. The van der Waals surface area contributed by atoms with Crippen LogP contribution >= 0.6 is 0 Å². The highest BCUT2D eigenvalue weighted by molar-refractivity contribution is 6.03. The molecule has 0 fully saturated rings. The Hall–Kier alpha value is -4.27. The van der Waals surface area contributed by atoms with Crippen molar-refractivity contribution in [2.24, 2.45) is 0 Å². The Kier molecular flexibility index (Phi) is 5.20. The van der Waals surface area contributed by atoms with Crippen LogP contribution in [0.3, 0.4) is 0 Å². The van der Waals surface area contributed by atoms with E-state index in [1.54, 1.807) is 59.7 Å². The molecular formula is C23H21N7O2. The summed E-state index contributed by atoms with van der Waals surface area (Å²) in [5.74, 6) is -0.414. The van der Waals surface area contributed by atoms with E-state index in [1.165, 1.54) is 17.5 Å². The highest BCUT2D eigenvalue weighted by Crippen LogP contribution is 2.22. The first-order valence-corrected chi connectivity index (χ1v) is 10.4. The standard InChI is InChI=1S/C23H21N7O2/c31-22(25-13-21-19-4-1-5-20(19)28-29-21)15-6-8-18(9-7-15)30-14-17(12-26-30)27-23(32)16-3-2-10-24-11-16/h2-3,6-12,14H,1,4-5,13H2,(H,25,31)(H,27,32)(H,28,29). The average Bonchev–Trinajstić information content (AvgIpc) is 3.56. The summed E-state index contributed by atoms with van der Waals surface area (Å²) in [6.07, 6.45) is 9.57. The number of benzene rings is 1. The molecule has 0 aliphatic heterocycles. The minimum atomic E-state index is -0.257. The lowest BCUT2D eigenvalue weighted by Crippen LogP contribution is -2.23. The molecule has 3 heterocycles. The van der Waals surface area contributed by atoms with Crippen LogP contribution in [0.15, 0.2) is 61.2 Å². The predicted molar refractivity (Wildman–Crippen MR) is 118 cm³/mol. The molecule has 0 radical (unpaired) electrons. The van der Waals surface area contributed by atoms with E-state index in [9.17, 15) is 9.59 Å². The largest absolute Gasteiger partial charge is 0.346 e. The number of hydrogen-bond acceptors (Lipinski definition) is 5. The Balaban J connectivity index is 1.21. The van der Waals surface area contributed by atoms with Crippen molar-refractivity contribution in [3.63, 3.8) is 0 Å². The first-order valence-electron chi connectivity index (χ1n) is 10.4. The van der Waals surface area contributed by atoms with Gasteiger partial charge in [0.15, 0.2) is 0 Å². The first-order chi connectivity index (χ1) is 15.7. The average molecular weight is 427 g/mol. The van der Waals surface area contributed by atoms with E-state index < -0.39 is 0 Å². The summed E-state index contributed by atoms with van der Waals surface area (Å²) in [6.45, 7) is 0.408. The minimum absolute atomic E-state index is 0.156. The molecule has 0 unspecified atom stereocenters. The van der Waals surface area contributed by atoms with E-state index in [1.807, 2.05) is 0 Å². The molecule has 0 atom stereocenters. The molecule has 4 aromatic rings. The van der Waals surface area contributed by atoms with Gasteiger partial charge >= 0.3 is 0 Å². The van der Waals surface area contributed by atoms with Gasteiger partial charge in [-0.15, -0.1) is 0 Å². The third-order valence-corrected chi connectivity index (χ3v) is 5.47. The van der Waals surface area contributed by atoms with Crippen molar-refractivity contribution in [3.05, 3.63) is 89.3 Å². The monoisotopic (exact) mass is 427 g/mol. The van der Waals surface area contributed by atoms with E-state index in [4.69, 9.17) is 0 Å². The number of carbonyl (C=O) groups excluding carboxylic acids is 2. The van der Waals surface area contributed by atoms with E-state index in [-0.39, 0.29) is 11.8 Å². The zero-order valence-corrected chi connectivity index (χ0v) is 17.2. The molecule has 1 aliphatic rings. The van der Waals surface area contributed by atoms with Crippen LogP contribution in [-0.2, 0) is 19.4 Å². The molecular weight excluding hydrogens is 406 g/mol. The maximum Gasteiger partial charge on any atom is 0.257 e. The van der Waals surface area contributed by atoms with Crippen molar-refractivity contribution in [1.29, 1.82) is 0 Å². The van der Waals surface area contributed by atoms with Crippen LogP contribution in [0.4, 0.5) is 5.69 Å². The van der Waals surface area contributed by atoms with Crippen LogP contribution < -0.4 is 10.6 Å². The highest BCUT2D eigenvalue weighted by atomic mass is 16.2. The van der Waals surface area contributed by atoms with Crippen molar-refractivity contribution in [2.45, 2.75) is 25.8 Å². The van der Waals surface area contributed by atoms with Gasteiger partial charge in [0, 0.05) is 23.7 Å². The number of anilines is 1. The molecule has 3 aromatic heterocycles. The number of fused-ring (bicyclic) bond motifs is 1. The van der Waals surface area contributed by atoms with Gasteiger partial charge in [0.05, 0.1) is 41.6 Å². The normalized spacial score (nSPS) is 12.4. The third-order valence-electron chi connectivity index (χ3n) is 5.47. The summed E-state index contributed by atoms with van der Waals surface area (Å²) < 4.78 is 1.63. The Labute approximate surface area is 183 Å². The summed E-state index contributed by atoms with van der Waals surface area (Å²) >= 11 is 0. The van der Waals surface area contributed by atoms with Gasteiger partial charge in [-0.2, -0.15) is 10.2 Å². The van der Waals surface area contributed by atoms with E-state index in [2.05, 4.69) is 30.9 Å². The molecule has 3 N–H and O–H groups in total. The number of aromatic amines is 1. The molecule has 9 nitrogen and oxygen atoms in total. The smallest absolute Gasteiger partial charge is 0.257 e. The fraction of sp³-hybridized carbons (Fsp3) is 0.174. The lowest BCUT2D eigenvalue weighted by Gasteiger charge is -2.06. The predicted octanol–water partition coefficient (Wildman–Crippen LogP) is 2.66. The van der Waals surface area contributed by atoms with E-state index in [0.717, 1.165) is 30.6 Å². The lowest BCUT2D eigenvalue weighted by atomic mass is 10.1. The van der Waals surface area contributed by atoms with Gasteiger partial charge in [-0.05, 0) is 61.2 Å². The highest BCUT2D eigenvalue weighted by Gasteiger charge is 2.18. The van der Waals surface area contributed by atoms with Crippen molar-refractivity contribution in [2.75, 3.05) is 5.32 Å². The summed E-state index contributed by atoms with van der Waals surface area (Å²) in [6, 6.07) is 10.5. The van der Waals surface area contributed by atoms with Gasteiger partial charge in [-0.25, -0.2) is 4.68 Å². The molecule has 0 bridgehead atoms. The number of hydrogen-bond donors (Lipinski definition) is 3. The first kappa shape index (κ1) is 19.7. The van der Waals surface area contributed by atoms with Crippen molar-refractivity contribution in [3.8, 4) is 5.69 Å². The second-order valence-corrected chi connectivity index (χ2v) is 7.58.